The third-order valence-corrected chi connectivity index (χ3v) is 4.77. The normalized spacial score (nSPS) is 13.4. The van der Waals surface area contributed by atoms with Gasteiger partial charge in [-0.25, -0.2) is 9.59 Å². The molecule has 0 aromatic heterocycles. The van der Waals surface area contributed by atoms with Crippen molar-refractivity contribution < 1.29 is 24.2 Å². The number of carboxylic acid groups (broad SMARTS) is 1. The summed E-state index contributed by atoms with van der Waals surface area (Å²) in [5, 5.41) is 9.22. The predicted molar refractivity (Wildman–Crippen MR) is 98.1 cm³/mol. The topological polar surface area (TPSA) is 110 Å². The third kappa shape index (κ3) is 3.62. The van der Waals surface area contributed by atoms with Gasteiger partial charge in [0.15, 0.2) is 0 Å². The second kappa shape index (κ2) is 7.49. The van der Waals surface area contributed by atoms with E-state index in [4.69, 9.17) is 10.5 Å². The van der Waals surface area contributed by atoms with E-state index in [9.17, 15) is 19.5 Å². The Hall–Kier alpha value is -3.35. The number of hydrogen-bond acceptors (Lipinski definition) is 4. The van der Waals surface area contributed by atoms with Crippen LogP contribution in [0, 0.1) is 0 Å². The molecule has 0 fully saturated rings. The zero-order valence-corrected chi connectivity index (χ0v) is 14.8. The third-order valence-electron chi connectivity index (χ3n) is 4.77. The SMILES string of the molecule is CN(C(=O)OCC1c2ccccc2-c2ccccc21)[C@H](CC(N)=O)C(=O)O. The lowest BCUT2D eigenvalue weighted by Gasteiger charge is -2.24. The Morgan fingerprint density at radius 3 is 2.07 bits per heavy atom. The monoisotopic (exact) mass is 368 g/mol. The average molecular weight is 368 g/mol. The molecule has 2 amide bonds. The number of carboxylic acids is 1. The van der Waals surface area contributed by atoms with Crippen LogP contribution in [0.2, 0.25) is 0 Å². The van der Waals surface area contributed by atoms with Crippen molar-refractivity contribution in [3.8, 4) is 11.1 Å². The van der Waals surface area contributed by atoms with Crippen molar-refractivity contribution in [2.45, 2.75) is 18.4 Å². The van der Waals surface area contributed by atoms with Gasteiger partial charge in [-0.15, -0.1) is 0 Å². The molecular weight excluding hydrogens is 348 g/mol. The highest BCUT2D eigenvalue weighted by Gasteiger charge is 2.32. The molecule has 0 heterocycles. The van der Waals surface area contributed by atoms with E-state index in [2.05, 4.69) is 0 Å². The van der Waals surface area contributed by atoms with Crippen LogP contribution >= 0.6 is 0 Å². The first-order valence-electron chi connectivity index (χ1n) is 8.49. The summed E-state index contributed by atoms with van der Waals surface area (Å²) in [6.07, 6.45) is -1.29. The Bertz CT molecular complexity index is 850. The molecule has 0 saturated heterocycles. The molecule has 3 rings (SSSR count). The van der Waals surface area contributed by atoms with E-state index in [1.807, 2.05) is 48.5 Å². The number of benzene rings is 2. The van der Waals surface area contributed by atoms with Crippen molar-refractivity contribution in [3.63, 3.8) is 0 Å². The number of amides is 2. The van der Waals surface area contributed by atoms with Crippen LogP contribution in [0.25, 0.3) is 11.1 Å². The Kier molecular flexibility index (Phi) is 5.12. The fourth-order valence-electron chi connectivity index (χ4n) is 3.40. The number of carbonyl (C=O) groups is 3. The minimum atomic E-state index is -1.36. The number of ether oxygens (including phenoxy) is 1. The number of nitrogens with two attached hydrogens (primary N) is 1. The summed E-state index contributed by atoms with van der Waals surface area (Å²) >= 11 is 0. The van der Waals surface area contributed by atoms with Gasteiger partial charge in [0.05, 0.1) is 6.42 Å². The largest absolute Gasteiger partial charge is 0.480 e. The van der Waals surface area contributed by atoms with Gasteiger partial charge in [0.2, 0.25) is 5.91 Å². The molecule has 2 aromatic rings. The molecule has 0 radical (unpaired) electrons. The Morgan fingerprint density at radius 1 is 1.07 bits per heavy atom. The molecule has 0 unspecified atom stereocenters. The molecule has 0 aliphatic heterocycles. The second-order valence-electron chi connectivity index (χ2n) is 6.44. The van der Waals surface area contributed by atoms with Crippen molar-refractivity contribution in [2.24, 2.45) is 5.73 Å². The lowest BCUT2D eigenvalue weighted by atomic mass is 9.98. The first kappa shape index (κ1) is 18.4. The molecular formula is C20H20N2O5. The van der Waals surface area contributed by atoms with Crippen molar-refractivity contribution in [1.82, 2.24) is 4.90 Å². The van der Waals surface area contributed by atoms with Crippen molar-refractivity contribution >= 4 is 18.0 Å². The molecule has 0 spiro atoms. The first-order valence-corrected chi connectivity index (χ1v) is 8.49. The van der Waals surface area contributed by atoms with Gasteiger partial charge in [0.25, 0.3) is 0 Å². The van der Waals surface area contributed by atoms with Gasteiger partial charge in [-0.2, -0.15) is 0 Å². The molecule has 0 saturated carbocycles. The van der Waals surface area contributed by atoms with Crippen LogP contribution in [0.3, 0.4) is 0 Å². The van der Waals surface area contributed by atoms with Crippen LogP contribution in [0.5, 0.6) is 0 Å². The molecule has 27 heavy (non-hydrogen) atoms. The van der Waals surface area contributed by atoms with Crippen molar-refractivity contribution in [3.05, 3.63) is 59.7 Å². The molecule has 0 bridgehead atoms. The maximum Gasteiger partial charge on any atom is 0.410 e. The highest BCUT2D eigenvalue weighted by Crippen LogP contribution is 2.44. The second-order valence-corrected chi connectivity index (χ2v) is 6.44. The van der Waals surface area contributed by atoms with Crippen molar-refractivity contribution in [2.75, 3.05) is 13.7 Å². The number of hydrogen-bond donors (Lipinski definition) is 2. The standard InChI is InChI=1S/C20H20N2O5/c1-22(17(19(24)25)10-18(21)23)20(26)27-11-16-14-8-4-2-6-12(14)13-7-3-5-9-15(13)16/h2-9,16-17H,10-11H2,1H3,(H2,21,23)(H,24,25)/t17-/m1/s1. The van der Waals surface area contributed by atoms with Gasteiger partial charge in [-0.05, 0) is 22.3 Å². The summed E-state index contributed by atoms with van der Waals surface area (Å²) in [7, 11) is 1.28. The first-order chi connectivity index (χ1) is 12.9. The lowest BCUT2D eigenvalue weighted by molar-refractivity contribution is -0.144. The number of nitrogens with zero attached hydrogens (tertiary/aromatic N) is 1. The Morgan fingerprint density at radius 2 is 1.59 bits per heavy atom. The highest BCUT2D eigenvalue weighted by atomic mass is 16.6. The van der Waals surface area contributed by atoms with Crippen LogP contribution in [-0.4, -0.2) is 47.7 Å². The van der Waals surface area contributed by atoms with Gasteiger partial charge < -0.3 is 15.6 Å². The van der Waals surface area contributed by atoms with Crippen molar-refractivity contribution in [1.29, 1.82) is 0 Å². The number of aliphatic carboxylic acids is 1. The minimum Gasteiger partial charge on any atom is -0.480 e. The van der Waals surface area contributed by atoms with E-state index in [0.29, 0.717) is 0 Å². The zero-order chi connectivity index (χ0) is 19.6. The maximum absolute atomic E-state index is 12.3. The quantitative estimate of drug-likeness (QED) is 0.812. The summed E-state index contributed by atoms with van der Waals surface area (Å²) in [5.41, 5.74) is 9.37. The Balaban J connectivity index is 1.75. The average Bonchev–Trinajstić information content (AvgIpc) is 2.97. The fourth-order valence-corrected chi connectivity index (χ4v) is 3.40. The van der Waals surface area contributed by atoms with Crippen LogP contribution < -0.4 is 5.73 Å². The van der Waals surface area contributed by atoms with E-state index in [1.165, 1.54) is 7.05 Å². The molecule has 1 aliphatic rings. The minimum absolute atomic E-state index is 0.0696. The zero-order valence-electron chi connectivity index (χ0n) is 14.8. The van der Waals surface area contributed by atoms with Crippen LogP contribution in [-0.2, 0) is 14.3 Å². The summed E-state index contributed by atoms with van der Waals surface area (Å²) in [6, 6.07) is 14.4. The van der Waals surface area contributed by atoms with E-state index in [-0.39, 0.29) is 12.5 Å². The fraction of sp³-hybridized carbons (Fsp3) is 0.250. The lowest BCUT2D eigenvalue weighted by Crippen LogP contribution is -2.45. The van der Waals surface area contributed by atoms with Gasteiger partial charge >= 0.3 is 12.1 Å². The summed E-state index contributed by atoms with van der Waals surface area (Å²) in [6.45, 7) is 0.0696. The number of likely N-dealkylation sites (N-methyl/N-ethyl adjacent to an activating group) is 1. The predicted octanol–water partition coefficient (Wildman–Crippen LogP) is 2.20. The molecule has 140 valence electrons. The summed E-state index contributed by atoms with van der Waals surface area (Å²) < 4.78 is 5.39. The van der Waals surface area contributed by atoms with Gasteiger partial charge in [-0.1, -0.05) is 48.5 Å². The number of rotatable bonds is 6. The van der Waals surface area contributed by atoms with Gasteiger partial charge in [0, 0.05) is 13.0 Å². The Labute approximate surface area is 156 Å². The maximum atomic E-state index is 12.3. The van der Waals surface area contributed by atoms with E-state index < -0.39 is 30.4 Å². The van der Waals surface area contributed by atoms with Crippen LogP contribution in [0.4, 0.5) is 4.79 Å². The molecule has 2 aromatic carbocycles. The molecule has 1 atom stereocenters. The highest BCUT2D eigenvalue weighted by molar-refractivity contribution is 5.86. The van der Waals surface area contributed by atoms with Crippen LogP contribution in [0.15, 0.2) is 48.5 Å². The summed E-state index contributed by atoms with van der Waals surface area (Å²) in [5.74, 6) is -2.25. The molecule has 7 nitrogen and oxygen atoms in total. The number of carbonyl (C=O) groups excluding carboxylic acids is 2. The molecule has 3 N–H and O–H groups in total. The smallest absolute Gasteiger partial charge is 0.410 e. The molecule has 1 aliphatic carbocycles. The van der Waals surface area contributed by atoms with Gasteiger partial charge in [-0.3, -0.25) is 9.69 Å². The van der Waals surface area contributed by atoms with Gasteiger partial charge in [0.1, 0.15) is 12.6 Å². The molecule has 7 heteroatoms. The number of fused-ring (bicyclic) bond motifs is 3. The van der Waals surface area contributed by atoms with E-state index in [0.717, 1.165) is 27.2 Å². The van der Waals surface area contributed by atoms with E-state index >= 15 is 0 Å². The van der Waals surface area contributed by atoms with Crippen LogP contribution in [0.1, 0.15) is 23.5 Å². The van der Waals surface area contributed by atoms with E-state index in [1.54, 1.807) is 0 Å². The summed E-state index contributed by atoms with van der Waals surface area (Å²) in [4.78, 5) is 35.6. The number of primary amides is 1.